The summed E-state index contributed by atoms with van der Waals surface area (Å²) in [6.07, 6.45) is 0. The van der Waals surface area contributed by atoms with E-state index in [0.717, 1.165) is 5.69 Å². The van der Waals surface area contributed by atoms with Crippen LogP contribution in [0.1, 0.15) is 33.2 Å². The number of aromatic nitrogens is 3. The quantitative estimate of drug-likeness (QED) is 0.317. The summed E-state index contributed by atoms with van der Waals surface area (Å²) in [6.45, 7) is 3.24. The smallest absolute Gasteiger partial charge is 0.336 e. The van der Waals surface area contributed by atoms with Crippen molar-refractivity contribution in [2.75, 3.05) is 0 Å². The van der Waals surface area contributed by atoms with Crippen LogP contribution < -0.4 is 0 Å². The third-order valence-electron chi connectivity index (χ3n) is 5.95. The van der Waals surface area contributed by atoms with Crippen LogP contribution in [-0.2, 0) is 0 Å². The number of benzene rings is 3. The average Bonchev–Trinajstić information content (AvgIpc) is 3.24. The molecule has 35 heavy (non-hydrogen) atoms. The summed E-state index contributed by atoms with van der Waals surface area (Å²) in [5.74, 6) is -1.73. The number of carbonyl (C=O) groups is 2. The molecular formula is C28H20FN3O3. The van der Waals surface area contributed by atoms with Gasteiger partial charge >= 0.3 is 5.97 Å². The Labute approximate surface area is 200 Å². The molecule has 0 unspecified atom stereocenters. The second kappa shape index (κ2) is 8.61. The molecule has 2 heterocycles. The fraction of sp³-hybridized carbons (Fsp3) is 0.0714. The number of carboxylic acid groups (broad SMARTS) is 1. The van der Waals surface area contributed by atoms with Gasteiger partial charge < -0.3 is 5.11 Å². The molecule has 0 aliphatic rings. The van der Waals surface area contributed by atoms with Crippen molar-refractivity contribution >= 4 is 22.8 Å². The molecule has 2 aromatic heterocycles. The van der Waals surface area contributed by atoms with Crippen LogP contribution in [0.4, 0.5) is 4.39 Å². The largest absolute Gasteiger partial charge is 0.478 e. The van der Waals surface area contributed by atoms with Crippen LogP contribution in [0.15, 0.2) is 78.9 Å². The number of aromatic carboxylic acids is 1. The summed E-state index contributed by atoms with van der Waals surface area (Å²) in [4.78, 5) is 29.7. The van der Waals surface area contributed by atoms with Crippen LogP contribution in [0.2, 0.25) is 0 Å². The van der Waals surface area contributed by atoms with Crippen molar-refractivity contribution in [2.24, 2.45) is 0 Å². The van der Waals surface area contributed by atoms with E-state index in [1.165, 1.54) is 25.1 Å². The van der Waals surface area contributed by atoms with Crippen LogP contribution in [0.25, 0.3) is 39.2 Å². The normalized spacial score (nSPS) is 11.1. The van der Waals surface area contributed by atoms with E-state index in [9.17, 15) is 19.1 Å². The number of halogens is 1. The summed E-state index contributed by atoms with van der Waals surface area (Å²) >= 11 is 0. The lowest BCUT2D eigenvalue weighted by molar-refractivity contribution is 0.0697. The Kier molecular flexibility index (Phi) is 5.45. The number of hydrogen-bond donors (Lipinski definition) is 1. The molecule has 0 aliphatic heterocycles. The van der Waals surface area contributed by atoms with E-state index in [1.54, 1.807) is 41.9 Å². The van der Waals surface area contributed by atoms with E-state index in [0.29, 0.717) is 39.0 Å². The van der Waals surface area contributed by atoms with Crippen LogP contribution in [0, 0.1) is 12.7 Å². The first-order valence-corrected chi connectivity index (χ1v) is 10.9. The minimum atomic E-state index is -1.11. The molecule has 5 aromatic rings. The topological polar surface area (TPSA) is 85.1 Å². The average molecular weight is 465 g/mol. The number of carbonyl (C=O) groups excluding carboxylic acids is 1. The molecule has 6 nitrogen and oxygen atoms in total. The van der Waals surface area contributed by atoms with Gasteiger partial charge in [0.05, 0.1) is 22.3 Å². The molecule has 0 fully saturated rings. The molecule has 0 saturated heterocycles. The lowest BCUT2D eigenvalue weighted by Crippen LogP contribution is -2.08. The summed E-state index contributed by atoms with van der Waals surface area (Å²) in [5.41, 5.74) is 4.05. The van der Waals surface area contributed by atoms with E-state index in [1.807, 2.05) is 30.3 Å². The third-order valence-corrected chi connectivity index (χ3v) is 5.95. The zero-order chi connectivity index (χ0) is 24.7. The maximum Gasteiger partial charge on any atom is 0.336 e. The van der Waals surface area contributed by atoms with Gasteiger partial charge in [0.15, 0.2) is 11.4 Å². The van der Waals surface area contributed by atoms with Gasteiger partial charge in [-0.1, -0.05) is 36.4 Å². The maximum absolute atomic E-state index is 13.6. The number of aryl methyl sites for hydroxylation is 1. The van der Waals surface area contributed by atoms with E-state index in [-0.39, 0.29) is 22.9 Å². The number of ketones is 1. The predicted molar refractivity (Wildman–Crippen MR) is 131 cm³/mol. The van der Waals surface area contributed by atoms with E-state index < -0.39 is 5.97 Å². The summed E-state index contributed by atoms with van der Waals surface area (Å²) in [6, 6.07) is 21.8. The van der Waals surface area contributed by atoms with Gasteiger partial charge in [-0.15, -0.1) is 0 Å². The highest BCUT2D eigenvalue weighted by Gasteiger charge is 2.26. The minimum Gasteiger partial charge on any atom is -0.478 e. The van der Waals surface area contributed by atoms with Gasteiger partial charge in [0.1, 0.15) is 11.5 Å². The standard InChI is InChI=1S/C28H20FN3O3/c1-16-23(17(2)33)26(21-10-6-7-11-22(21)28(34)35)30-27-24(16)25(18-12-14-19(29)15-13-18)31-32(27)20-8-4-3-5-9-20/h3-15H,1-2H3,(H,34,35). The zero-order valence-corrected chi connectivity index (χ0v) is 19.0. The number of para-hydroxylation sites is 1. The van der Waals surface area contributed by atoms with E-state index >= 15 is 0 Å². The number of Topliss-reactive ketones (excluding diaryl/α,β-unsaturated/α-hetero) is 1. The van der Waals surface area contributed by atoms with Crippen molar-refractivity contribution in [1.29, 1.82) is 0 Å². The number of nitrogens with zero attached hydrogens (tertiary/aromatic N) is 3. The molecule has 0 atom stereocenters. The van der Waals surface area contributed by atoms with Crippen LogP contribution in [0.5, 0.6) is 0 Å². The number of carboxylic acids is 1. The molecular weight excluding hydrogens is 445 g/mol. The first-order chi connectivity index (χ1) is 16.9. The fourth-order valence-electron chi connectivity index (χ4n) is 4.38. The monoisotopic (exact) mass is 465 g/mol. The second-order valence-corrected chi connectivity index (χ2v) is 8.17. The number of pyridine rings is 1. The fourth-order valence-corrected chi connectivity index (χ4v) is 4.38. The maximum atomic E-state index is 13.6. The van der Waals surface area contributed by atoms with Crippen molar-refractivity contribution in [1.82, 2.24) is 14.8 Å². The van der Waals surface area contributed by atoms with E-state index in [4.69, 9.17) is 10.1 Å². The SMILES string of the molecule is CC(=O)c1c(-c2ccccc2C(=O)O)nc2c(c(-c3ccc(F)cc3)nn2-c2ccccc2)c1C. The highest BCUT2D eigenvalue weighted by molar-refractivity contribution is 6.09. The molecule has 1 N–H and O–H groups in total. The summed E-state index contributed by atoms with van der Waals surface area (Å²) in [7, 11) is 0. The molecule has 0 saturated carbocycles. The van der Waals surface area contributed by atoms with Gasteiger partial charge in [0, 0.05) is 16.7 Å². The summed E-state index contributed by atoms with van der Waals surface area (Å²) < 4.78 is 15.3. The van der Waals surface area contributed by atoms with Gasteiger partial charge in [-0.05, 0) is 61.9 Å². The third kappa shape index (κ3) is 3.77. The van der Waals surface area contributed by atoms with Crippen LogP contribution in [0.3, 0.4) is 0 Å². The molecule has 0 bridgehead atoms. The van der Waals surface area contributed by atoms with Crippen LogP contribution >= 0.6 is 0 Å². The van der Waals surface area contributed by atoms with Crippen molar-refractivity contribution in [3.63, 3.8) is 0 Å². The first-order valence-electron chi connectivity index (χ1n) is 10.9. The van der Waals surface area contributed by atoms with Crippen molar-refractivity contribution < 1.29 is 19.1 Å². The predicted octanol–water partition coefficient (Wildman–Crippen LogP) is 6.10. The molecule has 0 aliphatic carbocycles. The van der Waals surface area contributed by atoms with Gasteiger partial charge in [-0.3, -0.25) is 4.79 Å². The van der Waals surface area contributed by atoms with Gasteiger partial charge in [-0.25, -0.2) is 18.9 Å². The molecule has 0 amide bonds. The number of fused-ring (bicyclic) bond motifs is 1. The lowest BCUT2D eigenvalue weighted by atomic mass is 9.93. The van der Waals surface area contributed by atoms with E-state index in [2.05, 4.69) is 0 Å². The number of hydrogen-bond acceptors (Lipinski definition) is 4. The molecule has 172 valence electrons. The van der Waals surface area contributed by atoms with Gasteiger partial charge in [0.25, 0.3) is 0 Å². The van der Waals surface area contributed by atoms with Crippen molar-refractivity contribution in [3.8, 4) is 28.2 Å². The zero-order valence-electron chi connectivity index (χ0n) is 19.0. The second-order valence-electron chi connectivity index (χ2n) is 8.17. The Morgan fingerprint density at radius 2 is 1.54 bits per heavy atom. The Hall–Kier alpha value is -4.65. The van der Waals surface area contributed by atoms with Crippen molar-refractivity contribution in [3.05, 3.63) is 101 Å². The number of rotatable bonds is 5. The van der Waals surface area contributed by atoms with Gasteiger partial charge in [0.2, 0.25) is 0 Å². The lowest BCUT2D eigenvalue weighted by Gasteiger charge is -2.14. The molecule has 0 radical (unpaired) electrons. The Balaban J connectivity index is 1.93. The van der Waals surface area contributed by atoms with Crippen LogP contribution in [-0.4, -0.2) is 31.6 Å². The van der Waals surface area contributed by atoms with Crippen molar-refractivity contribution in [2.45, 2.75) is 13.8 Å². The minimum absolute atomic E-state index is 0.0470. The van der Waals surface area contributed by atoms with Gasteiger partial charge in [-0.2, -0.15) is 5.10 Å². The molecule has 3 aromatic carbocycles. The Morgan fingerprint density at radius 1 is 0.886 bits per heavy atom. The highest BCUT2D eigenvalue weighted by atomic mass is 19.1. The Morgan fingerprint density at radius 3 is 2.20 bits per heavy atom. The Bertz CT molecular complexity index is 1610. The molecule has 7 heteroatoms. The first kappa shape index (κ1) is 22.2. The molecule has 5 rings (SSSR count). The summed E-state index contributed by atoms with van der Waals surface area (Å²) in [5, 5.41) is 15.2. The highest BCUT2D eigenvalue weighted by Crippen LogP contribution is 2.37. The molecule has 0 spiro atoms.